The van der Waals surface area contributed by atoms with Gasteiger partial charge < -0.3 is 19.0 Å². The Bertz CT molecular complexity index is 1120. The SMILES string of the molecule is O=C(c1cc(=O)c2ccccc2o1)N1Cc2cnc(N3CCOCC3)nc2C1. The number of fused-ring (bicyclic) bond motifs is 2. The van der Waals surface area contributed by atoms with E-state index in [0.717, 1.165) is 24.3 Å². The van der Waals surface area contributed by atoms with Crippen molar-refractivity contribution in [3.63, 3.8) is 0 Å². The lowest BCUT2D eigenvalue weighted by molar-refractivity contribution is 0.0719. The summed E-state index contributed by atoms with van der Waals surface area (Å²) < 4.78 is 11.1. The van der Waals surface area contributed by atoms with E-state index >= 15 is 0 Å². The molecular weight excluding hydrogens is 360 g/mol. The number of aromatic nitrogens is 2. The molecule has 0 N–H and O–H groups in total. The zero-order valence-corrected chi connectivity index (χ0v) is 15.1. The fourth-order valence-electron chi connectivity index (χ4n) is 3.57. The number of para-hydroxylation sites is 1. The van der Waals surface area contributed by atoms with Gasteiger partial charge in [0.2, 0.25) is 5.95 Å². The van der Waals surface area contributed by atoms with E-state index in [9.17, 15) is 9.59 Å². The maximum atomic E-state index is 12.9. The maximum absolute atomic E-state index is 12.9. The van der Waals surface area contributed by atoms with Gasteiger partial charge in [-0.05, 0) is 12.1 Å². The second kappa shape index (κ2) is 6.72. The predicted molar refractivity (Wildman–Crippen MR) is 101 cm³/mol. The molecule has 0 aliphatic carbocycles. The maximum Gasteiger partial charge on any atom is 0.290 e. The van der Waals surface area contributed by atoms with Gasteiger partial charge in [0.05, 0.1) is 30.8 Å². The van der Waals surface area contributed by atoms with Crippen LogP contribution in [0.4, 0.5) is 5.95 Å². The standard InChI is InChI=1S/C20H18N4O4/c25-16-9-18(28-17-4-2-1-3-14(16)17)19(26)24-11-13-10-21-20(22-15(13)12-24)23-5-7-27-8-6-23/h1-4,9-10H,5-8,11-12H2. The zero-order chi connectivity index (χ0) is 19.1. The van der Waals surface area contributed by atoms with Gasteiger partial charge in [-0.15, -0.1) is 0 Å². The molecule has 1 saturated heterocycles. The molecule has 5 rings (SSSR count). The number of ether oxygens (including phenoxy) is 1. The monoisotopic (exact) mass is 378 g/mol. The lowest BCUT2D eigenvalue weighted by atomic mass is 10.2. The highest BCUT2D eigenvalue weighted by molar-refractivity contribution is 5.93. The number of rotatable bonds is 2. The van der Waals surface area contributed by atoms with Crippen molar-refractivity contribution in [3.05, 3.63) is 63.8 Å². The van der Waals surface area contributed by atoms with E-state index in [4.69, 9.17) is 9.15 Å². The zero-order valence-electron chi connectivity index (χ0n) is 15.1. The third-order valence-corrected chi connectivity index (χ3v) is 5.07. The summed E-state index contributed by atoms with van der Waals surface area (Å²) in [7, 11) is 0. The first kappa shape index (κ1) is 16.9. The molecule has 0 atom stereocenters. The van der Waals surface area contributed by atoms with Crippen LogP contribution < -0.4 is 10.3 Å². The normalized spacial score (nSPS) is 16.4. The van der Waals surface area contributed by atoms with Gasteiger partial charge in [0.15, 0.2) is 11.2 Å². The molecule has 1 fully saturated rings. The van der Waals surface area contributed by atoms with Gasteiger partial charge in [-0.25, -0.2) is 9.97 Å². The number of hydrogen-bond donors (Lipinski definition) is 0. The number of carbonyl (C=O) groups is 1. The number of benzene rings is 1. The van der Waals surface area contributed by atoms with E-state index in [1.807, 2.05) is 0 Å². The first-order valence-corrected chi connectivity index (χ1v) is 9.19. The first-order chi connectivity index (χ1) is 13.7. The summed E-state index contributed by atoms with van der Waals surface area (Å²) in [5.74, 6) is 0.375. The molecule has 0 bridgehead atoms. The number of amides is 1. The van der Waals surface area contributed by atoms with Crippen LogP contribution in [-0.4, -0.2) is 47.1 Å². The van der Waals surface area contributed by atoms with E-state index in [1.54, 1.807) is 35.4 Å². The lowest BCUT2D eigenvalue weighted by Crippen LogP contribution is -2.37. The Morgan fingerprint density at radius 2 is 1.93 bits per heavy atom. The van der Waals surface area contributed by atoms with E-state index < -0.39 is 0 Å². The molecule has 4 heterocycles. The van der Waals surface area contributed by atoms with Crippen LogP contribution in [0.25, 0.3) is 11.0 Å². The summed E-state index contributed by atoms with van der Waals surface area (Å²) in [4.78, 5) is 38.0. The van der Waals surface area contributed by atoms with Crippen molar-refractivity contribution in [2.24, 2.45) is 0 Å². The molecule has 0 saturated carbocycles. The van der Waals surface area contributed by atoms with Crippen molar-refractivity contribution in [2.75, 3.05) is 31.2 Å². The van der Waals surface area contributed by atoms with Crippen LogP contribution in [0, 0.1) is 0 Å². The Morgan fingerprint density at radius 3 is 2.79 bits per heavy atom. The summed E-state index contributed by atoms with van der Waals surface area (Å²) in [5, 5.41) is 0.463. The number of anilines is 1. The Hall–Kier alpha value is -3.26. The van der Waals surface area contributed by atoms with Gasteiger partial charge in [0, 0.05) is 37.5 Å². The van der Waals surface area contributed by atoms with Gasteiger partial charge in [0.25, 0.3) is 5.91 Å². The highest BCUT2D eigenvalue weighted by Gasteiger charge is 2.29. The number of carbonyl (C=O) groups excluding carboxylic acids is 1. The van der Waals surface area contributed by atoms with Crippen molar-refractivity contribution < 1.29 is 13.9 Å². The molecule has 3 aromatic rings. The highest BCUT2D eigenvalue weighted by atomic mass is 16.5. The first-order valence-electron chi connectivity index (χ1n) is 9.19. The van der Waals surface area contributed by atoms with E-state index in [1.165, 1.54) is 6.07 Å². The van der Waals surface area contributed by atoms with Gasteiger partial charge in [-0.1, -0.05) is 12.1 Å². The fourth-order valence-corrected chi connectivity index (χ4v) is 3.57. The van der Waals surface area contributed by atoms with Gasteiger partial charge in [-0.2, -0.15) is 0 Å². The molecular formula is C20H18N4O4. The molecule has 0 radical (unpaired) electrons. The van der Waals surface area contributed by atoms with Crippen LogP contribution >= 0.6 is 0 Å². The fraction of sp³-hybridized carbons (Fsp3) is 0.300. The smallest absolute Gasteiger partial charge is 0.290 e. The summed E-state index contributed by atoms with van der Waals surface area (Å²) in [5.41, 5.74) is 1.92. The third kappa shape index (κ3) is 2.91. The summed E-state index contributed by atoms with van der Waals surface area (Å²) in [6.45, 7) is 3.59. The Kier molecular flexibility index (Phi) is 4.05. The molecule has 0 unspecified atom stereocenters. The van der Waals surface area contributed by atoms with Crippen molar-refractivity contribution >= 4 is 22.8 Å². The summed E-state index contributed by atoms with van der Waals surface area (Å²) >= 11 is 0. The van der Waals surface area contributed by atoms with Gasteiger partial charge in [0.1, 0.15) is 5.58 Å². The van der Waals surface area contributed by atoms with Gasteiger partial charge >= 0.3 is 0 Å². The molecule has 2 aliphatic rings. The molecule has 142 valence electrons. The van der Waals surface area contributed by atoms with Crippen LogP contribution in [0.1, 0.15) is 21.8 Å². The van der Waals surface area contributed by atoms with E-state index in [2.05, 4.69) is 14.9 Å². The Morgan fingerprint density at radius 1 is 1.11 bits per heavy atom. The van der Waals surface area contributed by atoms with Crippen LogP contribution in [-0.2, 0) is 17.8 Å². The number of hydrogen-bond acceptors (Lipinski definition) is 7. The van der Waals surface area contributed by atoms with Crippen LogP contribution in [0.15, 0.2) is 45.7 Å². The molecule has 0 spiro atoms. The third-order valence-electron chi connectivity index (χ3n) is 5.07. The molecule has 8 heteroatoms. The van der Waals surface area contributed by atoms with Crippen molar-refractivity contribution in [2.45, 2.75) is 13.1 Å². The van der Waals surface area contributed by atoms with Crippen molar-refractivity contribution in [3.8, 4) is 0 Å². The van der Waals surface area contributed by atoms with E-state index in [-0.39, 0.29) is 17.1 Å². The molecule has 1 aromatic carbocycles. The second-order valence-corrected chi connectivity index (χ2v) is 6.87. The topological polar surface area (TPSA) is 88.8 Å². The minimum atomic E-state index is -0.325. The van der Waals surface area contributed by atoms with Crippen LogP contribution in [0.3, 0.4) is 0 Å². The average molecular weight is 378 g/mol. The number of morpholine rings is 1. The Labute approximate surface area is 160 Å². The van der Waals surface area contributed by atoms with Gasteiger partial charge in [-0.3, -0.25) is 9.59 Å². The molecule has 8 nitrogen and oxygen atoms in total. The Balaban J connectivity index is 1.40. The molecule has 1 amide bonds. The largest absolute Gasteiger partial charge is 0.451 e. The predicted octanol–water partition coefficient (Wildman–Crippen LogP) is 1.58. The van der Waals surface area contributed by atoms with E-state index in [0.29, 0.717) is 43.2 Å². The average Bonchev–Trinajstić information content (AvgIpc) is 3.17. The molecule has 2 aromatic heterocycles. The quantitative estimate of drug-likeness (QED) is 0.669. The van der Waals surface area contributed by atoms with Crippen molar-refractivity contribution in [1.82, 2.24) is 14.9 Å². The summed E-state index contributed by atoms with van der Waals surface area (Å²) in [6.07, 6.45) is 1.77. The summed E-state index contributed by atoms with van der Waals surface area (Å²) in [6, 6.07) is 8.17. The minimum Gasteiger partial charge on any atom is -0.451 e. The van der Waals surface area contributed by atoms with Crippen LogP contribution in [0.2, 0.25) is 0 Å². The van der Waals surface area contributed by atoms with Crippen molar-refractivity contribution in [1.29, 1.82) is 0 Å². The van der Waals surface area contributed by atoms with Crippen LogP contribution in [0.5, 0.6) is 0 Å². The number of nitrogens with zero attached hydrogens (tertiary/aromatic N) is 4. The lowest BCUT2D eigenvalue weighted by Gasteiger charge is -2.26. The second-order valence-electron chi connectivity index (χ2n) is 6.87. The minimum absolute atomic E-state index is 0.0397. The highest BCUT2D eigenvalue weighted by Crippen LogP contribution is 2.25. The molecule has 28 heavy (non-hydrogen) atoms. The molecule has 2 aliphatic heterocycles.